The van der Waals surface area contributed by atoms with Crippen molar-refractivity contribution in [3.63, 3.8) is 0 Å². The number of rotatable bonds is 0. The summed E-state index contributed by atoms with van der Waals surface area (Å²) in [6.45, 7) is 0. The Morgan fingerprint density at radius 2 is 0.812 bits per heavy atom. The van der Waals surface area contributed by atoms with Gasteiger partial charge in [-0.3, -0.25) is 0 Å². The zero-order valence-electron chi connectivity index (χ0n) is 17.0. The molecule has 0 aliphatic heterocycles. The maximum atomic E-state index is 3.65. The van der Waals surface area contributed by atoms with Crippen molar-refractivity contribution in [3.8, 4) is 23.7 Å². The van der Waals surface area contributed by atoms with Crippen LogP contribution in [-0.2, 0) is 0 Å². The first-order chi connectivity index (χ1) is 15.7. The minimum atomic E-state index is 0.906. The van der Waals surface area contributed by atoms with Crippen LogP contribution in [0.2, 0.25) is 0 Å². The summed E-state index contributed by atoms with van der Waals surface area (Å²) < 4.78 is 1.88. The molecular weight excluding hydrogens is 520 g/mol. The molecule has 150 valence electrons. The fourth-order valence-corrected chi connectivity index (χ4v) is 4.87. The molecule has 0 unspecified atom stereocenters. The van der Waals surface area contributed by atoms with E-state index < -0.39 is 0 Å². The lowest BCUT2D eigenvalue weighted by atomic mass is 10.0. The van der Waals surface area contributed by atoms with Gasteiger partial charge in [0.1, 0.15) is 0 Å². The minimum Gasteiger partial charge on any atom is -0.0616 e. The van der Waals surface area contributed by atoms with Crippen molar-refractivity contribution in [2.45, 2.75) is 0 Å². The highest BCUT2D eigenvalue weighted by Crippen LogP contribution is 2.26. The molecule has 0 spiro atoms. The number of benzene rings is 5. The van der Waals surface area contributed by atoms with Gasteiger partial charge in [-0.25, -0.2) is 0 Å². The zero-order valence-corrected chi connectivity index (χ0v) is 20.2. The molecule has 0 radical (unpaired) electrons. The van der Waals surface area contributed by atoms with E-state index in [9.17, 15) is 0 Å². The number of hydrogen-bond acceptors (Lipinski definition) is 0. The van der Waals surface area contributed by atoms with E-state index >= 15 is 0 Å². The molecule has 0 N–H and O–H groups in total. The molecule has 5 aromatic rings. The summed E-state index contributed by atoms with van der Waals surface area (Å²) in [5.41, 5.74) is 3.84. The first kappa shape index (κ1) is 20.6. The standard InChI is InChI=1S/C30H16Br2/c31-29-20-30(32)26(18-16-24-12-6-10-22-8-2-4-14-28(22)24)19-25(29)17-15-23-11-5-9-21-7-1-3-13-27(21)23/h1-14,19-20H. The van der Waals surface area contributed by atoms with Crippen LogP contribution in [-0.4, -0.2) is 0 Å². The predicted octanol–water partition coefficient (Wildman–Crippen LogP) is 8.32. The fourth-order valence-electron chi connectivity index (χ4n) is 3.68. The summed E-state index contributed by atoms with van der Waals surface area (Å²) in [5, 5.41) is 4.70. The molecule has 0 amide bonds. The molecule has 0 aromatic heterocycles. The molecule has 0 aliphatic rings. The van der Waals surface area contributed by atoms with Gasteiger partial charge in [0.2, 0.25) is 0 Å². The molecule has 5 rings (SSSR count). The second kappa shape index (κ2) is 9.05. The maximum Gasteiger partial charge on any atom is 0.0404 e. The van der Waals surface area contributed by atoms with Crippen LogP contribution >= 0.6 is 31.9 Å². The monoisotopic (exact) mass is 534 g/mol. The lowest BCUT2D eigenvalue weighted by Crippen LogP contribution is -1.86. The highest BCUT2D eigenvalue weighted by atomic mass is 79.9. The van der Waals surface area contributed by atoms with Crippen LogP contribution < -0.4 is 0 Å². The van der Waals surface area contributed by atoms with Crippen molar-refractivity contribution in [1.29, 1.82) is 0 Å². The Bertz CT molecular complexity index is 1480. The Morgan fingerprint density at radius 1 is 0.406 bits per heavy atom. The van der Waals surface area contributed by atoms with E-state index in [0.29, 0.717) is 0 Å². The quantitative estimate of drug-likeness (QED) is 0.175. The topological polar surface area (TPSA) is 0 Å². The van der Waals surface area contributed by atoms with Gasteiger partial charge in [-0.15, -0.1) is 0 Å². The van der Waals surface area contributed by atoms with Gasteiger partial charge in [0.15, 0.2) is 0 Å². The van der Waals surface area contributed by atoms with Gasteiger partial charge in [0, 0.05) is 31.2 Å². The summed E-state index contributed by atoms with van der Waals surface area (Å²) in [6, 6.07) is 33.1. The molecule has 0 bridgehead atoms. The summed E-state index contributed by atoms with van der Waals surface area (Å²) in [4.78, 5) is 0. The lowest BCUT2D eigenvalue weighted by Gasteiger charge is -2.03. The second-order valence-corrected chi connectivity index (χ2v) is 9.07. The van der Waals surface area contributed by atoms with Gasteiger partial charge in [-0.05, 0) is 77.7 Å². The molecule has 5 aromatic carbocycles. The third kappa shape index (κ3) is 4.21. The van der Waals surface area contributed by atoms with E-state index in [1.54, 1.807) is 0 Å². The Labute approximate surface area is 204 Å². The van der Waals surface area contributed by atoms with Gasteiger partial charge < -0.3 is 0 Å². The third-order valence-electron chi connectivity index (χ3n) is 5.30. The average Bonchev–Trinajstić information content (AvgIpc) is 2.83. The van der Waals surface area contributed by atoms with E-state index in [4.69, 9.17) is 0 Å². The van der Waals surface area contributed by atoms with Crippen molar-refractivity contribution in [2.24, 2.45) is 0 Å². The molecule has 0 heterocycles. The molecule has 0 fully saturated rings. The van der Waals surface area contributed by atoms with Crippen molar-refractivity contribution >= 4 is 53.4 Å². The number of halogens is 2. The molecule has 0 aliphatic carbocycles. The Hall–Kier alpha value is -3.30. The highest BCUT2D eigenvalue weighted by Gasteiger charge is 2.05. The maximum absolute atomic E-state index is 3.65. The smallest absolute Gasteiger partial charge is 0.0404 e. The number of hydrogen-bond donors (Lipinski definition) is 0. The third-order valence-corrected chi connectivity index (χ3v) is 6.61. The summed E-state index contributed by atoms with van der Waals surface area (Å²) in [5.74, 6) is 13.4. The van der Waals surface area contributed by atoms with Gasteiger partial charge in [0.05, 0.1) is 0 Å². The normalized spacial score (nSPS) is 10.3. The largest absolute Gasteiger partial charge is 0.0616 e. The Morgan fingerprint density at radius 3 is 1.31 bits per heavy atom. The first-order valence-corrected chi connectivity index (χ1v) is 11.8. The number of fused-ring (bicyclic) bond motifs is 2. The van der Waals surface area contributed by atoms with E-state index in [-0.39, 0.29) is 0 Å². The van der Waals surface area contributed by atoms with Crippen molar-refractivity contribution < 1.29 is 0 Å². The van der Waals surface area contributed by atoms with Crippen molar-refractivity contribution in [2.75, 3.05) is 0 Å². The molecule has 0 nitrogen and oxygen atoms in total. The predicted molar refractivity (Wildman–Crippen MR) is 142 cm³/mol. The van der Waals surface area contributed by atoms with E-state index in [2.05, 4.69) is 104 Å². The van der Waals surface area contributed by atoms with E-state index in [1.165, 1.54) is 10.8 Å². The summed E-state index contributed by atoms with van der Waals surface area (Å²) in [7, 11) is 0. The van der Waals surface area contributed by atoms with Crippen LogP contribution in [0, 0.1) is 23.7 Å². The molecule has 0 atom stereocenters. The van der Waals surface area contributed by atoms with Gasteiger partial charge in [0.25, 0.3) is 0 Å². The molecule has 32 heavy (non-hydrogen) atoms. The van der Waals surface area contributed by atoms with Gasteiger partial charge in [-0.2, -0.15) is 0 Å². The van der Waals surface area contributed by atoms with Crippen LogP contribution in [0.1, 0.15) is 22.3 Å². The molecule has 0 saturated carbocycles. The van der Waals surface area contributed by atoms with Crippen LogP contribution in [0.4, 0.5) is 0 Å². The van der Waals surface area contributed by atoms with Crippen LogP contribution in [0.25, 0.3) is 21.5 Å². The van der Waals surface area contributed by atoms with Crippen molar-refractivity contribution in [3.05, 3.63) is 128 Å². The Kier molecular flexibility index (Phi) is 5.83. The van der Waals surface area contributed by atoms with Gasteiger partial charge in [-0.1, -0.05) is 96.5 Å². The fraction of sp³-hybridized carbons (Fsp3) is 0. The van der Waals surface area contributed by atoms with E-state index in [1.807, 2.05) is 48.5 Å². The zero-order chi connectivity index (χ0) is 21.9. The Balaban J connectivity index is 1.55. The first-order valence-electron chi connectivity index (χ1n) is 10.2. The van der Waals surface area contributed by atoms with Gasteiger partial charge >= 0.3 is 0 Å². The van der Waals surface area contributed by atoms with Crippen LogP contribution in [0.5, 0.6) is 0 Å². The molecule has 0 saturated heterocycles. The van der Waals surface area contributed by atoms with Crippen LogP contribution in [0.15, 0.2) is 106 Å². The SMILES string of the molecule is Brc1cc(Br)c(C#Cc2cccc3ccccc23)cc1C#Cc1cccc2ccccc12. The second-order valence-electron chi connectivity index (χ2n) is 7.37. The molecular formula is C30H16Br2. The minimum absolute atomic E-state index is 0.906. The lowest BCUT2D eigenvalue weighted by molar-refractivity contribution is 1.51. The van der Waals surface area contributed by atoms with Crippen molar-refractivity contribution in [1.82, 2.24) is 0 Å². The average molecular weight is 536 g/mol. The highest BCUT2D eigenvalue weighted by molar-refractivity contribution is 9.11. The van der Waals surface area contributed by atoms with E-state index in [0.717, 1.165) is 42.0 Å². The van der Waals surface area contributed by atoms with Crippen LogP contribution in [0.3, 0.4) is 0 Å². The molecule has 2 heteroatoms. The summed E-state index contributed by atoms with van der Waals surface area (Å²) in [6.07, 6.45) is 0. The summed E-state index contributed by atoms with van der Waals surface area (Å²) >= 11 is 7.30.